The van der Waals surface area contributed by atoms with E-state index in [1.165, 1.54) is 11.1 Å². The lowest BCUT2D eigenvalue weighted by atomic mass is 10.1. The zero-order valence-corrected chi connectivity index (χ0v) is 10.1. The molecule has 0 unspecified atom stereocenters. The van der Waals surface area contributed by atoms with E-state index in [2.05, 4.69) is 36.1 Å². The lowest BCUT2D eigenvalue weighted by Crippen LogP contribution is -2.45. The summed E-state index contributed by atoms with van der Waals surface area (Å²) in [6.07, 6.45) is 0. The van der Waals surface area contributed by atoms with Crippen molar-refractivity contribution in [2.24, 2.45) is 0 Å². The fourth-order valence-corrected chi connectivity index (χ4v) is 2.02. The van der Waals surface area contributed by atoms with Crippen molar-refractivity contribution in [3.63, 3.8) is 0 Å². The molecule has 0 N–H and O–H groups in total. The van der Waals surface area contributed by atoms with E-state index in [-0.39, 0.29) is 0 Å². The lowest BCUT2D eigenvalue weighted by molar-refractivity contribution is -0.152. The van der Waals surface area contributed by atoms with E-state index in [1.54, 1.807) is 7.11 Å². The first kappa shape index (κ1) is 11.6. The molecule has 1 saturated heterocycles. The average Bonchev–Trinajstić information content (AvgIpc) is 2.33. The lowest BCUT2D eigenvalue weighted by Gasteiger charge is -2.33. The van der Waals surface area contributed by atoms with E-state index >= 15 is 0 Å². The molecule has 0 spiro atoms. The van der Waals surface area contributed by atoms with Gasteiger partial charge in [0.2, 0.25) is 0 Å². The van der Waals surface area contributed by atoms with Gasteiger partial charge < -0.3 is 4.84 Å². The molecule has 88 valence electrons. The Bertz CT molecular complexity index is 315. The van der Waals surface area contributed by atoms with E-state index in [0.29, 0.717) is 0 Å². The van der Waals surface area contributed by atoms with Gasteiger partial charge in [0.15, 0.2) is 0 Å². The van der Waals surface area contributed by atoms with E-state index in [1.807, 2.05) is 5.06 Å². The Kier molecular flexibility index (Phi) is 3.93. The van der Waals surface area contributed by atoms with E-state index in [9.17, 15) is 0 Å². The van der Waals surface area contributed by atoms with Gasteiger partial charge in [-0.2, -0.15) is 5.06 Å². The molecular weight excluding hydrogens is 200 g/mol. The number of hydrogen-bond donors (Lipinski definition) is 0. The van der Waals surface area contributed by atoms with Crippen LogP contribution in [0.4, 0.5) is 0 Å². The van der Waals surface area contributed by atoms with Crippen LogP contribution in [-0.4, -0.2) is 43.3 Å². The molecule has 0 amide bonds. The van der Waals surface area contributed by atoms with E-state index in [0.717, 1.165) is 32.7 Å². The molecule has 2 rings (SSSR count). The number of benzene rings is 1. The Balaban J connectivity index is 1.84. The topological polar surface area (TPSA) is 15.7 Å². The summed E-state index contributed by atoms with van der Waals surface area (Å²) in [6, 6.07) is 8.80. The average molecular weight is 220 g/mol. The van der Waals surface area contributed by atoms with Crippen LogP contribution < -0.4 is 0 Å². The number of nitrogens with zero attached hydrogens (tertiary/aromatic N) is 2. The number of rotatable bonds is 3. The molecule has 0 bridgehead atoms. The van der Waals surface area contributed by atoms with Crippen molar-refractivity contribution in [3.05, 3.63) is 35.4 Å². The van der Waals surface area contributed by atoms with Crippen LogP contribution >= 0.6 is 0 Å². The second-order valence-electron chi connectivity index (χ2n) is 4.37. The van der Waals surface area contributed by atoms with Crippen LogP contribution in [-0.2, 0) is 11.4 Å². The number of aryl methyl sites for hydroxylation is 1. The summed E-state index contributed by atoms with van der Waals surface area (Å²) in [4.78, 5) is 7.68. The van der Waals surface area contributed by atoms with Gasteiger partial charge in [-0.15, -0.1) is 0 Å². The second kappa shape index (κ2) is 5.43. The largest absolute Gasteiger partial charge is 0.302 e. The molecule has 0 aromatic heterocycles. The SMILES string of the molecule is CON1CCN(Cc2ccc(C)cc2)CC1. The first-order valence-electron chi connectivity index (χ1n) is 5.85. The quantitative estimate of drug-likeness (QED) is 0.770. The Morgan fingerprint density at radius 2 is 1.69 bits per heavy atom. The minimum Gasteiger partial charge on any atom is -0.302 e. The Morgan fingerprint density at radius 3 is 2.25 bits per heavy atom. The van der Waals surface area contributed by atoms with Crippen molar-refractivity contribution in [2.45, 2.75) is 13.5 Å². The van der Waals surface area contributed by atoms with Gasteiger partial charge in [-0.05, 0) is 12.5 Å². The molecule has 16 heavy (non-hydrogen) atoms. The molecular formula is C13H20N2O. The third-order valence-corrected chi connectivity index (χ3v) is 3.12. The summed E-state index contributed by atoms with van der Waals surface area (Å²) in [5, 5.41) is 2.02. The Hall–Kier alpha value is -0.900. The van der Waals surface area contributed by atoms with E-state index < -0.39 is 0 Å². The summed E-state index contributed by atoms with van der Waals surface area (Å²) in [6.45, 7) is 7.35. The van der Waals surface area contributed by atoms with E-state index in [4.69, 9.17) is 4.84 Å². The maximum atomic E-state index is 5.21. The van der Waals surface area contributed by atoms with Gasteiger partial charge in [-0.25, -0.2) is 0 Å². The van der Waals surface area contributed by atoms with Crippen LogP contribution in [0.2, 0.25) is 0 Å². The summed E-state index contributed by atoms with van der Waals surface area (Å²) < 4.78 is 0. The molecule has 3 nitrogen and oxygen atoms in total. The van der Waals surface area contributed by atoms with Crippen LogP contribution in [0.15, 0.2) is 24.3 Å². The number of piperazine rings is 1. The zero-order chi connectivity index (χ0) is 11.4. The normalized spacial score (nSPS) is 18.9. The molecule has 3 heteroatoms. The third kappa shape index (κ3) is 3.04. The van der Waals surface area contributed by atoms with Gasteiger partial charge in [-0.3, -0.25) is 4.90 Å². The third-order valence-electron chi connectivity index (χ3n) is 3.12. The fraction of sp³-hybridized carbons (Fsp3) is 0.538. The summed E-state index contributed by atoms with van der Waals surface area (Å²) >= 11 is 0. The highest BCUT2D eigenvalue weighted by atomic mass is 16.7. The molecule has 0 aliphatic carbocycles. The second-order valence-corrected chi connectivity index (χ2v) is 4.37. The molecule has 1 aliphatic rings. The van der Waals surface area contributed by atoms with Crippen LogP contribution in [0.3, 0.4) is 0 Å². The zero-order valence-electron chi connectivity index (χ0n) is 10.1. The van der Waals surface area contributed by atoms with Crippen molar-refractivity contribution in [1.82, 2.24) is 9.96 Å². The highest BCUT2D eigenvalue weighted by molar-refractivity contribution is 5.21. The Labute approximate surface area is 97.6 Å². The van der Waals surface area contributed by atoms with Crippen LogP contribution in [0.25, 0.3) is 0 Å². The van der Waals surface area contributed by atoms with Gasteiger partial charge in [0.25, 0.3) is 0 Å². The maximum absolute atomic E-state index is 5.21. The molecule has 1 heterocycles. The standard InChI is InChI=1S/C13H20N2O/c1-12-3-5-13(6-4-12)11-14-7-9-15(16-2)10-8-14/h3-6H,7-11H2,1-2H3. The minimum atomic E-state index is 1.00. The molecule has 0 radical (unpaired) electrons. The molecule has 1 aromatic rings. The maximum Gasteiger partial charge on any atom is 0.0575 e. The van der Waals surface area contributed by atoms with Gasteiger partial charge in [0, 0.05) is 32.7 Å². The predicted molar refractivity (Wildman–Crippen MR) is 65.0 cm³/mol. The minimum absolute atomic E-state index is 1.00. The fourth-order valence-electron chi connectivity index (χ4n) is 2.02. The first-order chi connectivity index (χ1) is 7.78. The van der Waals surface area contributed by atoms with Crippen molar-refractivity contribution in [1.29, 1.82) is 0 Å². The van der Waals surface area contributed by atoms with Crippen molar-refractivity contribution in [2.75, 3.05) is 33.3 Å². The van der Waals surface area contributed by atoms with Crippen molar-refractivity contribution in [3.8, 4) is 0 Å². The Morgan fingerprint density at radius 1 is 1.06 bits per heavy atom. The monoisotopic (exact) mass is 220 g/mol. The van der Waals surface area contributed by atoms with Crippen LogP contribution in [0.1, 0.15) is 11.1 Å². The van der Waals surface area contributed by atoms with Gasteiger partial charge in [-0.1, -0.05) is 29.8 Å². The molecule has 1 aromatic carbocycles. The molecule has 0 saturated carbocycles. The van der Waals surface area contributed by atoms with Crippen molar-refractivity contribution >= 4 is 0 Å². The van der Waals surface area contributed by atoms with Gasteiger partial charge in [0.1, 0.15) is 0 Å². The first-order valence-corrected chi connectivity index (χ1v) is 5.85. The summed E-state index contributed by atoms with van der Waals surface area (Å²) in [7, 11) is 1.75. The van der Waals surface area contributed by atoms with Gasteiger partial charge >= 0.3 is 0 Å². The molecule has 1 fully saturated rings. The summed E-state index contributed by atoms with van der Waals surface area (Å²) in [5.41, 5.74) is 2.73. The smallest absolute Gasteiger partial charge is 0.0575 e. The number of hydroxylamine groups is 2. The van der Waals surface area contributed by atoms with Gasteiger partial charge in [0.05, 0.1) is 7.11 Å². The highest BCUT2D eigenvalue weighted by Crippen LogP contribution is 2.09. The predicted octanol–water partition coefficient (Wildman–Crippen LogP) is 1.67. The molecule has 1 aliphatic heterocycles. The van der Waals surface area contributed by atoms with Crippen LogP contribution in [0.5, 0.6) is 0 Å². The van der Waals surface area contributed by atoms with Crippen molar-refractivity contribution < 1.29 is 4.84 Å². The van der Waals surface area contributed by atoms with Crippen LogP contribution in [0, 0.1) is 6.92 Å². The number of hydrogen-bond acceptors (Lipinski definition) is 3. The highest BCUT2D eigenvalue weighted by Gasteiger charge is 2.16. The summed E-state index contributed by atoms with van der Waals surface area (Å²) in [5.74, 6) is 0. The molecule has 0 atom stereocenters.